The van der Waals surface area contributed by atoms with Gasteiger partial charge in [-0.25, -0.2) is 0 Å². The number of hydrogen-bond donors (Lipinski definition) is 2. The Labute approximate surface area is 113 Å². The largest absolute Gasteiger partial charge is 0.368 e. The van der Waals surface area contributed by atoms with E-state index in [4.69, 9.17) is 5.73 Å². The van der Waals surface area contributed by atoms with Gasteiger partial charge in [-0.2, -0.15) is 0 Å². The lowest BCUT2D eigenvalue weighted by molar-refractivity contribution is -0.124. The Hall–Kier alpha value is -1.00. The van der Waals surface area contributed by atoms with E-state index in [0.717, 1.165) is 12.1 Å². The SMILES string of the molecule is CSc1ccc(C(C)(NCC2CC2)C(N)=O)cc1. The maximum absolute atomic E-state index is 11.8. The summed E-state index contributed by atoms with van der Waals surface area (Å²) >= 11 is 1.69. The summed E-state index contributed by atoms with van der Waals surface area (Å²) < 4.78 is 0. The van der Waals surface area contributed by atoms with Gasteiger partial charge >= 0.3 is 0 Å². The summed E-state index contributed by atoms with van der Waals surface area (Å²) in [5, 5.41) is 3.33. The van der Waals surface area contributed by atoms with Crippen molar-refractivity contribution in [2.24, 2.45) is 11.7 Å². The fourth-order valence-corrected chi connectivity index (χ4v) is 2.33. The van der Waals surface area contributed by atoms with Crippen LogP contribution in [0.1, 0.15) is 25.3 Å². The molecule has 18 heavy (non-hydrogen) atoms. The number of amides is 1. The molecule has 1 aliphatic rings. The Morgan fingerprint density at radius 2 is 2.06 bits per heavy atom. The van der Waals surface area contributed by atoms with Crippen LogP contribution in [0.4, 0.5) is 0 Å². The molecule has 1 aromatic carbocycles. The molecule has 2 rings (SSSR count). The number of thioether (sulfide) groups is 1. The molecule has 3 N–H and O–H groups in total. The topological polar surface area (TPSA) is 55.1 Å². The molecule has 0 spiro atoms. The van der Waals surface area contributed by atoms with Crippen molar-refractivity contribution >= 4 is 17.7 Å². The quantitative estimate of drug-likeness (QED) is 0.774. The van der Waals surface area contributed by atoms with Gasteiger partial charge < -0.3 is 5.73 Å². The molecule has 1 fully saturated rings. The molecular weight excluding hydrogens is 244 g/mol. The van der Waals surface area contributed by atoms with Crippen LogP contribution in [0.25, 0.3) is 0 Å². The van der Waals surface area contributed by atoms with E-state index in [1.807, 2.05) is 37.4 Å². The second-order valence-corrected chi connectivity index (χ2v) is 5.92. The van der Waals surface area contributed by atoms with Gasteiger partial charge in [0.15, 0.2) is 0 Å². The Kier molecular flexibility index (Phi) is 3.97. The lowest BCUT2D eigenvalue weighted by Crippen LogP contribution is -2.51. The first-order chi connectivity index (χ1) is 8.56. The third-order valence-electron chi connectivity index (χ3n) is 3.60. The second-order valence-electron chi connectivity index (χ2n) is 5.04. The molecule has 3 nitrogen and oxygen atoms in total. The number of nitrogens with two attached hydrogens (primary N) is 1. The van der Waals surface area contributed by atoms with E-state index >= 15 is 0 Å². The summed E-state index contributed by atoms with van der Waals surface area (Å²) in [7, 11) is 0. The first-order valence-corrected chi connectivity index (χ1v) is 7.48. The Morgan fingerprint density at radius 1 is 1.44 bits per heavy atom. The summed E-state index contributed by atoms with van der Waals surface area (Å²) in [6, 6.07) is 8.02. The van der Waals surface area contributed by atoms with Gasteiger partial charge in [-0.05, 0) is 56.2 Å². The average molecular weight is 264 g/mol. The average Bonchev–Trinajstić information content (AvgIpc) is 3.20. The minimum Gasteiger partial charge on any atom is -0.368 e. The van der Waals surface area contributed by atoms with Gasteiger partial charge in [0.1, 0.15) is 5.54 Å². The zero-order valence-electron chi connectivity index (χ0n) is 10.9. The zero-order valence-corrected chi connectivity index (χ0v) is 11.7. The lowest BCUT2D eigenvalue weighted by Gasteiger charge is -2.28. The number of hydrogen-bond acceptors (Lipinski definition) is 3. The highest BCUT2D eigenvalue weighted by atomic mass is 32.2. The van der Waals surface area contributed by atoms with E-state index in [9.17, 15) is 4.79 Å². The Bertz CT molecular complexity index is 428. The second kappa shape index (κ2) is 5.33. The number of carbonyl (C=O) groups excluding carboxylic acids is 1. The van der Waals surface area contributed by atoms with Gasteiger partial charge in [0.05, 0.1) is 0 Å². The number of nitrogens with one attached hydrogen (secondary N) is 1. The maximum Gasteiger partial charge on any atom is 0.242 e. The molecular formula is C14H20N2OS. The van der Waals surface area contributed by atoms with Crippen molar-refractivity contribution in [3.05, 3.63) is 29.8 Å². The third-order valence-corrected chi connectivity index (χ3v) is 4.34. The van der Waals surface area contributed by atoms with E-state index in [2.05, 4.69) is 5.32 Å². The zero-order chi connectivity index (χ0) is 13.2. The molecule has 0 bridgehead atoms. The summed E-state index contributed by atoms with van der Waals surface area (Å²) in [4.78, 5) is 13.0. The minimum absolute atomic E-state index is 0.319. The number of rotatable bonds is 6. The monoisotopic (exact) mass is 264 g/mol. The number of primary amides is 1. The van der Waals surface area contributed by atoms with E-state index < -0.39 is 5.54 Å². The normalized spacial score (nSPS) is 18.3. The van der Waals surface area contributed by atoms with Crippen LogP contribution in [0.5, 0.6) is 0 Å². The van der Waals surface area contributed by atoms with E-state index in [1.165, 1.54) is 17.7 Å². The molecule has 1 unspecified atom stereocenters. The molecule has 98 valence electrons. The first kappa shape index (κ1) is 13.4. The molecule has 1 amide bonds. The van der Waals surface area contributed by atoms with Crippen LogP contribution in [0.3, 0.4) is 0 Å². The predicted octanol–water partition coefficient (Wildman–Crippen LogP) is 2.11. The van der Waals surface area contributed by atoms with Gasteiger partial charge in [0, 0.05) is 4.90 Å². The van der Waals surface area contributed by atoms with Crippen LogP contribution in [0.15, 0.2) is 29.2 Å². The van der Waals surface area contributed by atoms with Gasteiger partial charge in [0.2, 0.25) is 5.91 Å². The van der Waals surface area contributed by atoms with Crippen molar-refractivity contribution in [2.75, 3.05) is 12.8 Å². The van der Waals surface area contributed by atoms with Crippen LogP contribution in [0, 0.1) is 5.92 Å². The van der Waals surface area contributed by atoms with Crippen molar-refractivity contribution in [2.45, 2.75) is 30.2 Å². The molecule has 4 heteroatoms. The summed E-state index contributed by atoms with van der Waals surface area (Å²) in [5.41, 5.74) is 5.75. The summed E-state index contributed by atoms with van der Waals surface area (Å²) in [5.74, 6) is 0.397. The Balaban J connectivity index is 2.17. The molecule has 0 saturated heterocycles. The molecule has 0 aliphatic heterocycles. The van der Waals surface area contributed by atoms with Crippen LogP contribution in [-0.4, -0.2) is 18.7 Å². The molecule has 0 radical (unpaired) electrons. The summed E-state index contributed by atoms with van der Waals surface area (Å²) in [6.07, 6.45) is 4.55. The van der Waals surface area contributed by atoms with Gasteiger partial charge in [-0.3, -0.25) is 10.1 Å². The molecule has 1 aromatic rings. The van der Waals surface area contributed by atoms with Crippen LogP contribution < -0.4 is 11.1 Å². The molecule has 1 aliphatic carbocycles. The van der Waals surface area contributed by atoms with Crippen molar-refractivity contribution in [3.63, 3.8) is 0 Å². The fraction of sp³-hybridized carbons (Fsp3) is 0.500. The highest BCUT2D eigenvalue weighted by Crippen LogP contribution is 2.30. The number of benzene rings is 1. The molecule has 1 atom stereocenters. The standard InChI is InChI=1S/C14H20N2OS/c1-14(13(15)17,16-9-10-3-4-10)11-5-7-12(18-2)8-6-11/h5-8,10,16H,3-4,9H2,1-2H3,(H2,15,17). The highest BCUT2D eigenvalue weighted by Gasteiger charge is 2.34. The van der Waals surface area contributed by atoms with E-state index in [1.54, 1.807) is 11.8 Å². The maximum atomic E-state index is 11.8. The third kappa shape index (κ3) is 2.87. The van der Waals surface area contributed by atoms with Gasteiger partial charge in [-0.1, -0.05) is 12.1 Å². The molecule has 0 aromatic heterocycles. The lowest BCUT2D eigenvalue weighted by atomic mass is 9.91. The van der Waals surface area contributed by atoms with Crippen molar-refractivity contribution < 1.29 is 4.79 Å². The van der Waals surface area contributed by atoms with Crippen LogP contribution in [0.2, 0.25) is 0 Å². The van der Waals surface area contributed by atoms with Gasteiger partial charge in [-0.15, -0.1) is 11.8 Å². The first-order valence-electron chi connectivity index (χ1n) is 6.25. The van der Waals surface area contributed by atoms with Gasteiger partial charge in [0.25, 0.3) is 0 Å². The minimum atomic E-state index is -0.764. The predicted molar refractivity (Wildman–Crippen MR) is 75.5 cm³/mol. The van der Waals surface area contributed by atoms with Crippen molar-refractivity contribution in [1.82, 2.24) is 5.32 Å². The van der Waals surface area contributed by atoms with E-state index in [0.29, 0.717) is 5.92 Å². The van der Waals surface area contributed by atoms with Crippen LogP contribution in [-0.2, 0) is 10.3 Å². The molecule has 1 saturated carbocycles. The van der Waals surface area contributed by atoms with E-state index in [-0.39, 0.29) is 5.91 Å². The fourth-order valence-electron chi connectivity index (χ4n) is 1.93. The summed E-state index contributed by atoms with van der Waals surface area (Å²) in [6.45, 7) is 2.73. The number of carbonyl (C=O) groups is 1. The van der Waals surface area contributed by atoms with Crippen molar-refractivity contribution in [3.8, 4) is 0 Å². The van der Waals surface area contributed by atoms with Crippen molar-refractivity contribution in [1.29, 1.82) is 0 Å². The smallest absolute Gasteiger partial charge is 0.242 e. The Morgan fingerprint density at radius 3 is 2.50 bits per heavy atom. The molecule has 0 heterocycles. The highest BCUT2D eigenvalue weighted by molar-refractivity contribution is 7.98. The van der Waals surface area contributed by atoms with Crippen LogP contribution >= 0.6 is 11.8 Å².